The molecule has 0 saturated carbocycles. The Morgan fingerprint density at radius 3 is 2.82 bits per heavy atom. The third kappa shape index (κ3) is 5.08. The molecule has 4 heterocycles. The molecule has 0 spiro atoms. The van der Waals surface area contributed by atoms with Gasteiger partial charge in [-0.15, -0.1) is 5.10 Å². The number of aromatic nitrogens is 5. The Kier molecular flexibility index (Phi) is 6.72. The Balaban J connectivity index is 1.38. The van der Waals surface area contributed by atoms with Crippen LogP contribution in [0.25, 0.3) is 10.9 Å². The Bertz CT molecular complexity index is 1640. The molecular weight excluding hydrogens is 500 g/mol. The van der Waals surface area contributed by atoms with Crippen molar-refractivity contribution in [1.82, 2.24) is 30.1 Å². The number of aromatic amines is 1. The van der Waals surface area contributed by atoms with Gasteiger partial charge in [-0.2, -0.15) is 0 Å². The van der Waals surface area contributed by atoms with Gasteiger partial charge in [-0.1, -0.05) is 13.0 Å². The van der Waals surface area contributed by atoms with Crippen LogP contribution in [0.4, 0.5) is 0 Å². The Labute approximate surface area is 223 Å². The van der Waals surface area contributed by atoms with Gasteiger partial charge in [-0.05, 0) is 70.9 Å². The van der Waals surface area contributed by atoms with E-state index in [0.29, 0.717) is 43.2 Å². The normalized spacial score (nSPS) is 13.3. The average Bonchev–Trinajstić information content (AvgIpc) is 3.72. The Hall–Kier alpha value is -4.64. The van der Waals surface area contributed by atoms with Crippen LogP contribution in [0, 0.1) is 0 Å². The van der Waals surface area contributed by atoms with E-state index in [0.717, 1.165) is 33.7 Å². The zero-order chi connectivity index (χ0) is 26.8. The van der Waals surface area contributed by atoms with E-state index < -0.39 is 0 Å². The number of fused-ring (bicyclic) bond motifs is 2. The van der Waals surface area contributed by atoms with Crippen molar-refractivity contribution >= 4 is 10.9 Å². The van der Waals surface area contributed by atoms with Crippen LogP contribution >= 0.6 is 0 Å². The second-order valence-corrected chi connectivity index (χ2v) is 9.37. The minimum atomic E-state index is -0.194. The molecule has 0 saturated heterocycles. The third-order valence-corrected chi connectivity index (χ3v) is 6.90. The van der Waals surface area contributed by atoms with E-state index in [1.54, 1.807) is 18.1 Å². The third-order valence-electron chi connectivity index (χ3n) is 6.90. The zero-order valence-corrected chi connectivity index (χ0v) is 21.7. The summed E-state index contributed by atoms with van der Waals surface area (Å²) in [4.78, 5) is 18.4. The molecule has 6 rings (SSSR count). The van der Waals surface area contributed by atoms with Crippen LogP contribution in [0.2, 0.25) is 0 Å². The van der Waals surface area contributed by atoms with E-state index in [4.69, 9.17) is 18.6 Å². The lowest BCUT2D eigenvalue weighted by atomic mass is 10.1. The molecule has 3 aromatic heterocycles. The minimum Gasteiger partial charge on any atom is -0.497 e. The van der Waals surface area contributed by atoms with Crippen LogP contribution in [0.5, 0.6) is 17.2 Å². The van der Waals surface area contributed by atoms with Crippen molar-refractivity contribution in [2.75, 3.05) is 13.9 Å². The fourth-order valence-electron chi connectivity index (χ4n) is 4.96. The van der Waals surface area contributed by atoms with Crippen molar-refractivity contribution in [3.8, 4) is 17.2 Å². The summed E-state index contributed by atoms with van der Waals surface area (Å²) in [6.45, 7) is 3.58. The average molecular weight is 529 g/mol. The standard InChI is InChI=1S/C28H28N6O5/c1-3-24(27-30-31-32-34(27)16-22-5-4-10-37-22)33(14-18-6-9-25-26(11-18)39-17-38-25)15-20-12-19-13-21(36-2)7-8-23(19)29-28(20)35/h4-13,24H,3,14-17H2,1-2H3,(H,29,35)/t24-/m1/s1. The molecule has 0 amide bonds. The number of furan rings is 1. The minimum absolute atomic E-state index is 0.145. The number of pyridine rings is 1. The molecule has 0 aliphatic carbocycles. The molecule has 11 nitrogen and oxygen atoms in total. The molecule has 0 unspecified atom stereocenters. The number of hydrogen-bond acceptors (Lipinski definition) is 9. The quantitative estimate of drug-likeness (QED) is 0.286. The van der Waals surface area contributed by atoms with Crippen LogP contribution in [-0.2, 0) is 19.6 Å². The zero-order valence-electron chi connectivity index (χ0n) is 21.7. The largest absolute Gasteiger partial charge is 0.497 e. The maximum atomic E-state index is 13.2. The highest BCUT2D eigenvalue weighted by Crippen LogP contribution is 2.34. The summed E-state index contributed by atoms with van der Waals surface area (Å²) in [5, 5.41) is 13.5. The second-order valence-electron chi connectivity index (χ2n) is 9.37. The first-order chi connectivity index (χ1) is 19.1. The maximum Gasteiger partial charge on any atom is 0.252 e. The van der Waals surface area contributed by atoms with Gasteiger partial charge >= 0.3 is 0 Å². The monoisotopic (exact) mass is 528 g/mol. The van der Waals surface area contributed by atoms with Crippen LogP contribution in [0.1, 0.15) is 42.1 Å². The highest BCUT2D eigenvalue weighted by atomic mass is 16.7. The van der Waals surface area contributed by atoms with E-state index in [9.17, 15) is 4.79 Å². The number of hydrogen-bond donors (Lipinski definition) is 1. The highest BCUT2D eigenvalue weighted by molar-refractivity contribution is 5.80. The Morgan fingerprint density at radius 1 is 1.10 bits per heavy atom. The molecule has 200 valence electrons. The summed E-state index contributed by atoms with van der Waals surface area (Å²) in [7, 11) is 1.62. The molecule has 0 fully saturated rings. The number of nitrogens with one attached hydrogen (secondary N) is 1. The van der Waals surface area contributed by atoms with Gasteiger partial charge in [-0.25, -0.2) is 4.68 Å². The molecule has 1 atom stereocenters. The fraction of sp³-hybridized carbons (Fsp3) is 0.286. The van der Waals surface area contributed by atoms with Crippen molar-refractivity contribution < 1.29 is 18.6 Å². The van der Waals surface area contributed by atoms with Gasteiger partial charge in [-0.3, -0.25) is 9.69 Å². The van der Waals surface area contributed by atoms with Crippen molar-refractivity contribution in [2.24, 2.45) is 0 Å². The van der Waals surface area contributed by atoms with Crippen LogP contribution in [-0.4, -0.2) is 44.0 Å². The molecule has 1 aliphatic rings. The number of H-pyrrole nitrogens is 1. The first kappa shape index (κ1) is 24.7. The van der Waals surface area contributed by atoms with Crippen molar-refractivity contribution in [3.05, 3.63) is 93.9 Å². The van der Waals surface area contributed by atoms with Crippen LogP contribution < -0.4 is 19.8 Å². The molecule has 0 bridgehead atoms. The van der Waals surface area contributed by atoms with Gasteiger partial charge < -0.3 is 23.6 Å². The van der Waals surface area contributed by atoms with Gasteiger partial charge in [0.15, 0.2) is 17.3 Å². The highest BCUT2D eigenvalue weighted by Gasteiger charge is 2.27. The summed E-state index contributed by atoms with van der Waals surface area (Å²) in [5.41, 5.74) is 2.25. The smallest absolute Gasteiger partial charge is 0.252 e. The lowest BCUT2D eigenvalue weighted by molar-refractivity contribution is 0.160. The predicted molar refractivity (Wildman–Crippen MR) is 142 cm³/mol. The molecule has 0 radical (unpaired) electrons. The molecule has 11 heteroatoms. The molecule has 1 N–H and O–H groups in total. The number of tetrazole rings is 1. The number of rotatable bonds is 10. The fourth-order valence-corrected chi connectivity index (χ4v) is 4.96. The molecule has 39 heavy (non-hydrogen) atoms. The number of nitrogens with zero attached hydrogens (tertiary/aromatic N) is 5. The number of benzene rings is 2. The number of ether oxygens (including phenoxy) is 3. The molecular formula is C28H28N6O5. The van der Waals surface area contributed by atoms with Gasteiger partial charge in [0.25, 0.3) is 5.56 Å². The lowest BCUT2D eigenvalue weighted by Gasteiger charge is -2.30. The first-order valence-electron chi connectivity index (χ1n) is 12.7. The first-order valence-corrected chi connectivity index (χ1v) is 12.7. The molecule has 5 aromatic rings. The number of methoxy groups -OCH3 is 1. The molecule has 2 aromatic carbocycles. The summed E-state index contributed by atoms with van der Waals surface area (Å²) in [6.07, 6.45) is 2.34. The second kappa shape index (κ2) is 10.6. The summed E-state index contributed by atoms with van der Waals surface area (Å²) >= 11 is 0. The van der Waals surface area contributed by atoms with Crippen molar-refractivity contribution in [3.63, 3.8) is 0 Å². The summed E-state index contributed by atoms with van der Waals surface area (Å²) in [5.74, 6) is 3.59. The predicted octanol–water partition coefficient (Wildman–Crippen LogP) is 4.05. The van der Waals surface area contributed by atoms with Crippen LogP contribution in [0.15, 0.2) is 70.1 Å². The molecule has 1 aliphatic heterocycles. The SMILES string of the molecule is CC[C@H](c1nnnn1Cc1ccco1)N(Cc1ccc2c(c1)OCO2)Cc1cc2cc(OC)ccc2[nH]c1=O. The summed E-state index contributed by atoms with van der Waals surface area (Å²) in [6, 6.07) is 16.9. The van der Waals surface area contributed by atoms with Crippen molar-refractivity contribution in [1.29, 1.82) is 0 Å². The topological polar surface area (TPSA) is 121 Å². The van der Waals surface area contributed by atoms with Crippen LogP contribution in [0.3, 0.4) is 0 Å². The van der Waals surface area contributed by atoms with Gasteiger partial charge in [0, 0.05) is 29.6 Å². The van der Waals surface area contributed by atoms with E-state index in [1.807, 2.05) is 54.6 Å². The Morgan fingerprint density at radius 2 is 2.00 bits per heavy atom. The van der Waals surface area contributed by atoms with E-state index in [1.165, 1.54) is 0 Å². The van der Waals surface area contributed by atoms with E-state index in [2.05, 4.69) is 32.3 Å². The van der Waals surface area contributed by atoms with Gasteiger partial charge in [0.2, 0.25) is 6.79 Å². The van der Waals surface area contributed by atoms with E-state index >= 15 is 0 Å². The lowest BCUT2D eigenvalue weighted by Crippen LogP contribution is -2.32. The summed E-state index contributed by atoms with van der Waals surface area (Å²) < 4.78 is 23.8. The van der Waals surface area contributed by atoms with Gasteiger partial charge in [0.1, 0.15) is 18.1 Å². The van der Waals surface area contributed by atoms with Crippen molar-refractivity contribution in [2.45, 2.75) is 39.0 Å². The van der Waals surface area contributed by atoms with Gasteiger partial charge in [0.05, 0.1) is 19.4 Å². The van der Waals surface area contributed by atoms with E-state index in [-0.39, 0.29) is 18.4 Å². The maximum absolute atomic E-state index is 13.2.